The number of ether oxygens (including phenoxy) is 2. The van der Waals surface area contributed by atoms with Crippen molar-refractivity contribution in [2.75, 3.05) is 51.3 Å². The Morgan fingerprint density at radius 1 is 1.04 bits per heavy atom. The third-order valence-electron chi connectivity index (χ3n) is 4.65. The number of nitrogens with zero attached hydrogens (tertiary/aromatic N) is 3. The molecule has 3 rings (SSSR count). The predicted octanol–water partition coefficient (Wildman–Crippen LogP) is 3.16. The first-order chi connectivity index (χ1) is 12.8. The highest BCUT2D eigenvalue weighted by Crippen LogP contribution is 2.28. The molecule has 0 saturated carbocycles. The van der Waals surface area contributed by atoms with Gasteiger partial charge in [0.15, 0.2) is 0 Å². The fraction of sp³-hybridized carbons (Fsp3) is 0.381. The summed E-state index contributed by atoms with van der Waals surface area (Å²) in [4.78, 5) is 4.86. The maximum atomic E-state index is 8.92. The van der Waals surface area contributed by atoms with E-state index in [4.69, 9.17) is 14.7 Å². The van der Waals surface area contributed by atoms with Crippen molar-refractivity contribution in [3.8, 4) is 17.6 Å². The van der Waals surface area contributed by atoms with E-state index in [9.17, 15) is 0 Å². The molecule has 1 aliphatic heterocycles. The minimum atomic E-state index is 0.634. The van der Waals surface area contributed by atoms with Gasteiger partial charge in [-0.3, -0.25) is 4.90 Å². The van der Waals surface area contributed by atoms with Crippen LogP contribution < -0.4 is 14.4 Å². The molecule has 0 unspecified atom stereocenters. The van der Waals surface area contributed by atoms with Crippen LogP contribution in [0.25, 0.3) is 0 Å². The zero-order valence-corrected chi connectivity index (χ0v) is 15.2. The monoisotopic (exact) mass is 351 g/mol. The molecule has 1 aliphatic rings. The number of rotatable bonds is 7. The molecule has 1 heterocycles. The van der Waals surface area contributed by atoms with Crippen LogP contribution in [0.15, 0.2) is 48.5 Å². The summed E-state index contributed by atoms with van der Waals surface area (Å²) in [6.07, 6.45) is 0.978. The molecule has 0 spiro atoms. The number of anilines is 1. The summed E-state index contributed by atoms with van der Waals surface area (Å²) in [5.74, 6) is 1.71. The lowest BCUT2D eigenvalue weighted by Gasteiger charge is -2.36. The quantitative estimate of drug-likeness (QED) is 0.717. The number of hydrogen-bond acceptors (Lipinski definition) is 5. The molecule has 0 aliphatic carbocycles. The minimum Gasteiger partial charge on any atom is -0.495 e. The average Bonchev–Trinajstić information content (AvgIpc) is 2.72. The van der Waals surface area contributed by atoms with Crippen molar-refractivity contribution in [3.63, 3.8) is 0 Å². The van der Waals surface area contributed by atoms with Gasteiger partial charge in [0.05, 0.1) is 31.0 Å². The molecule has 0 amide bonds. The Morgan fingerprint density at radius 3 is 2.62 bits per heavy atom. The molecule has 0 bridgehead atoms. The molecule has 0 aromatic heterocycles. The van der Waals surface area contributed by atoms with E-state index in [2.05, 4.69) is 28.0 Å². The highest BCUT2D eigenvalue weighted by atomic mass is 16.5. The second-order valence-electron chi connectivity index (χ2n) is 6.34. The van der Waals surface area contributed by atoms with E-state index in [1.54, 1.807) is 19.2 Å². The summed E-state index contributed by atoms with van der Waals surface area (Å²) in [6.45, 7) is 5.79. The van der Waals surface area contributed by atoms with Crippen LogP contribution in [0.4, 0.5) is 5.69 Å². The number of hydrogen-bond donors (Lipinski definition) is 0. The lowest BCUT2D eigenvalue weighted by atomic mass is 10.2. The van der Waals surface area contributed by atoms with E-state index in [0.717, 1.165) is 50.6 Å². The Labute approximate surface area is 155 Å². The van der Waals surface area contributed by atoms with Gasteiger partial charge in [-0.15, -0.1) is 0 Å². The topological polar surface area (TPSA) is 48.7 Å². The first kappa shape index (κ1) is 18.1. The summed E-state index contributed by atoms with van der Waals surface area (Å²) >= 11 is 0. The van der Waals surface area contributed by atoms with Gasteiger partial charge in [0, 0.05) is 32.7 Å². The number of benzene rings is 2. The zero-order valence-electron chi connectivity index (χ0n) is 15.2. The Bertz CT molecular complexity index is 749. The van der Waals surface area contributed by atoms with Gasteiger partial charge in [-0.05, 0) is 36.8 Å². The van der Waals surface area contributed by atoms with Crippen LogP contribution in [0.1, 0.15) is 12.0 Å². The fourth-order valence-corrected chi connectivity index (χ4v) is 3.24. The lowest BCUT2D eigenvalue weighted by Crippen LogP contribution is -2.46. The van der Waals surface area contributed by atoms with Gasteiger partial charge < -0.3 is 14.4 Å². The van der Waals surface area contributed by atoms with Crippen LogP contribution in [0.3, 0.4) is 0 Å². The molecule has 0 atom stereocenters. The van der Waals surface area contributed by atoms with Crippen molar-refractivity contribution in [2.45, 2.75) is 6.42 Å². The van der Waals surface area contributed by atoms with Gasteiger partial charge in [0.1, 0.15) is 11.5 Å². The van der Waals surface area contributed by atoms with Crippen molar-refractivity contribution in [1.29, 1.82) is 5.26 Å². The van der Waals surface area contributed by atoms with Gasteiger partial charge in [-0.2, -0.15) is 5.26 Å². The van der Waals surface area contributed by atoms with Gasteiger partial charge in [-0.1, -0.05) is 18.2 Å². The Balaban J connectivity index is 1.40. The second-order valence-corrected chi connectivity index (χ2v) is 6.34. The summed E-state index contributed by atoms with van der Waals surface area (Å²) in [6, 6.07) is 17.7. The van der Waals surface area contributed by atoms with E-state index < -0.39 is 0 Å². The molecule has 5 heteroatoms. The Kier molecular flexibility index (Phi) is 6.34. The average molecular weight is 351 g/mol. The van der Waals surface area contributed by atoms with E-state index in [0.29, 0.717) is 12.2 Å². The molecule has 0 radical (unpaired) electrons. The second kappa shape index (κ2) is 9.12. The van der Waals surface area contributed by atoms with Crippen LogP contribution in [-0.2, 0) is 0 Å². The highest BCUT2D eigenvalue weighted by Gasteiger charge is 2.19. The van der Waals surface area contributed by atoms with E-state index in [1.165, 1.54) is 5.69 Å². The Hall–Kier alpha value is -2.71. The smallest absolute Gasteiger partial charge is 0.142 e. The molecule has 1 fully saturated rings. The van der Waals surface area contributed by atoms with Gasteiger partial charge >= 0.3 is 0 Å². The zero-order chi connectivity index (χ0) is 18.2. The maximum Gasteiger partial charge on any atom is 0.142 e. The van der Waals surface area contributed by atoms with E-state index in [1.807, 2.05) is 24.3 Å². The highest BCUT2D eigenvalue weighted by molar-refractivity contribution is 5.58. The van der Waals surface area contributed by atoms with Crippen LogP contribution in [0.2, 0.25) is 0 Å². The number of para-hydroxylation sites is 2. The van der Waals surface area contributed by atoms with Gasteiger partial charge in [-0.25, -0.2) is 0 Å². The first-order valence-electron chi connectivity index (χ1n) is 9.03. The largest absolute Gasteiger partial charge is 0.495 e. The van der Waals surface area contributed by atoms with Crippen molar-refractivity contribution in [2.24, 2.45) is 0 Å². The summed E-state index contributed by atoms with van der Waals surface area (Å²) < 4.78 is 11.2. The summed E-state index contributed by atoms with van der Waals surface area (Å²) in [5, 5.41) is 8.92. The number of piperazine rings is 1. The predicted molar refractivity (Wildman–Crippen MR) is 103 cm³/mol. The maximum absolute atomic E-state index is 8.92. The molecule has 2 aromatic carbocycles. The molecule has 1 saturated heterocycles. The lowest BCUT2D eigenvalue weighted by molar-refractivity contribution is 0.224. The first-order valence-corrected chi connectivity index (χ1v) is 9.03. The van der Waals surface area contributed by atoms with E-state index in [-0.39, 0.29) is 0 Å². The molecule has 136 valence electrons. The Morgan fingerprint density at radius 2 is 1.85 bits per heavy atom. The number of nitriles is 1. The van der Waals surface area contributed by atoms with Crippen molar-refractivity contribution < 1.29 is 9.47 Å². The third-order valence-corrected chi connectivity index (χ3v) is 4.65. The van der Waals surface area contributed by atoms with Crippen molar-refractivity contribution >= 4 is 5.69 Å². The minimum absolute atomic E-state index is 0.634. The molecule has 0 N–H and O–H groups in total. The molecule has 26 heavy (non-hydrogen) atoms. The third kappa shape index (κ3) is 4.68. The van der Waals surface area contributed by atoms with Gasteiger partial charge in [0.2, 0.25) is 0 Å². The van der Waals surface area contributed by atoms with E-state index >= 15 is 0 Å². The van der Waals surface area contributed by atoms with Crippen LogP contribution in [0, 0.1) is 11.3 Å². The molecular formula is C21H25N3O2. The fourth-order valence-electron chi connectivity index (χ4n) is 3.24. The molecular weight excluding hydrogens is 326 g/mol. The molecule has 5 nitrogen and oxygen atoms in total. The van der Waals surface area contributed by atoms with Crippen LogP contribution >= 0.6 is 0 Å². The summed E-state index contributed by atoms with van der Waals surface area (Å²) in [7, 11) is 1.72. The number of methoxy groups -OCH3 is 1. The standard InChI is InChI=1S/C21H25N3O2/c1-25-21-9-3-2-8-20(21)24-13-11-23(12-14-24)10-5-15-26-19-7-4-6-18(16-19)17-22/h2-4,6-9,16H,5,10-15H2,1H3. The van der Waals surface area contributed by atoms with Gasteiger partial charge in [0.25, 0.3) is 0 Å². The van der Waals surface area contributed by atoms with Crippen LogP contribution in [-0.4, -0.2) is 51.3 Å². The van der Waals surface area contributed by atoms with Crippen molar-refractivity contribution in [3.05, 3.63) is 54.1 Å². The van der Waals surface area contributed by atoms with Crippen molar-refractivity contribution in [1.82, 2.24) is 4.90 Å². The molecule has 2 aromatic rings. The van der Waals surface area contributed by atoms with Crippen LogP contribution in [0.5, 0.6) is 11.5 Å². The summed E-state index contributed by atoms with van der Waals surface area (Å²) in [5.41, 5.74) is 1.81. The SMILES string of the molecule is COc1ccccc1N1CCN(CCCOc2cccc(C#N)c2)CC1. The normalized spacial score (nSPS) is 14.7.